The highest BCUT2D eigenvalue weighted by Gasteiger charge is 2.25. The molecule has 0 saturated carbocycles. The van der Waals surface area contributed by atoms with Gasteiger partial charge in [0, 0.05) is 15.0 Å². The first-order valence-corrected chi connectivity index (χ1v) is 8.11. The largest absolute Gasteiger partial charge is 0.136 e. The van der Waals surface area contributed by atoms with Crippen LogP contribution in [0, 0.1) is 0 Å². The lowest BCUT2D eigenvalue weighted by molar-refractivity contribution is 0.824. The summed E-state index contributed by atoms with van der Waals surface area (Å²) in [6, 6.07) is 0. The fourth-order valence-corrected chi connectivity index (χ4v) is 4.61. The molecule has 0 spiro atoms. The Morgan fingerprint density at radius 2 is 1.45 bits per heavy atom. The van der Waals surface area contributed by atoms with Crippen LogP contribution >= 0.6 is 95.6 Å². The summed E-state index contributed by atoms with van der Waals surface area (Å²) in [7, 11) is 0. The second kappa shape index (κ2) is 6.38. The lowest BCUT2D eigenvalue weighted by Gasteiger charge is -2.19. The van der Waals surface area contributed by atoms with Gasteiger partial charge in [-0.25, -0.2) is 0 Å². The number of rotatable bonds is 3. The maximum absolute atomic E-state index is 3.57. The van der Waals surface area contributed by atoms with Gasteiger partial charge in [0.25, 0.3) is 0 Å². The van der Waals surface area contributed by atoms with Crippen molar-refractivity contribution in [3.05, 3.63) is 0 Å². The van der Waals surface area contributed by atoms with Crippen LogP contribution in [0.3, 0.4) is 0 Å². The molecule has 0 rings (SSSR count). The fourth-order valence-electron chi connectivity index (χ4n) is 0.446. The summed E-state index contributed by atoms with van der Waals surface area (Å²) in [4.78, 5) is 0.856. The lowest BCUT2D eigenvalue weighted by Crippen LogP contribution is -2.20. The van der Waals surface area contributed by atoms with Gasteiger partial charge in [0.1, 0.15) is 2.14 Å². The summed E-state index contributed by atoms with van der Waals surface area (Å²) in [5.41, 5.74) is 0. The van der Waals surface area contributed by atoms with Crippen LogP contribution in [0.15, 0.2) is 0 Å². The molecule has 2 atom stereocenters. The molecule has 0 bridgehead atoms. The number of alkyl halides is 6. The third-order valence-corrected chi connectivity index (χ3v) is 6.14. The molecule has 0 aliphatic rings. The van der Waals surface area contributed by atoms with Crippen LogP contribution in [0.1, 0.15) is 6.42 Å². The van der Waals surface area contributed by atoms with E-state index in [0.717, 1.165) is 11.8 Å². The minimum absolute atomic E-state index is 0.157. The summed E-state index contributed by atoms with van der Waals surface area (Å²) in [6.45, 7) is 0. The molecule has 6 heteroatoms. The second-order valence-corrected chi connectivity index (χ2v) is 12.3. The molecule has 0 aromatic heterocycles. The van der Waals surface area contributed by atoms with Gasteiger partial charge in [0.2, 0.25) is 0 Å². The monoisotopic (exact) mass is 540 g/mol. The zero-order valence-electron chi connectivity index (χ0n) is 5.34. The van der Waals surface area contributed by atoms with Crippen molar-refractivity contribution in [2.24, 2.45) is 0 Å². The van der Waals surface area contributed by atoms with Crippen LogP contribution in [0.2, 0.25) is 0 Å². The van der Waals surface area contributed by atoms with Gasteiger partial charge in [-0.15, -0.1) is 0 Å². The molecule has 11 heavy (non-hydrogen) atoms. The molecule has 0 radical (unpaired) electrons. The molecular weight excluding hydrogens is 539 g/mol. The molecule has 0 saturated heterocycles. The highest BCUT2D eigenvalue weighted by atomic mass is 80.0. The average molecular weight is 546 g/mol. The van der Waals surface area contributed by atoms with Gasteiger partial charge < -0.3 is 0 Å². The summed E-state index contributed by atoms with van der Waals surface area (Å²) >= 11 is 20.8. The maximum atomic E-state index is 3.57. The van der Waals surface area contributed by atoms with Crippen LogP contribution in [0.4, 0.5) is 0 Å². The Morgan fingerprint density at radius 1 is 1.00 bits per heavy atom. The standard InChI is InChI=1S/C5H6Br6/c6-2-4(8)3(7)1-5(9,10)11/h3-4H,1-2H2. The molecule has 0 heterocycles. The van der Waals surface area contributed by atoms with Crippen molar-refractivity contribution in [1.29, 1.82) is 0 Å². The maximum Gasteiger partial charge on any atom is 0.136 e. The van der Waals surface area contributed by atoms with Gasteiger partial charge in [0.05, 0.1) is 0 Å². The van der Waals surface area contributed by atoms with Crippen molar-refractivity contribution in [1.82, 2.24) is 0 Å². The third-order valence-electron chi connectivity index (χ3n) is 0.966. The van der Waals surface area contributed by atoms with E-state index in [1.54, 1.807) is 0 Å². The Morgan fingerprint density at radius 3 is 1.73 bits per heavy atom. The first-order valence-electron chi connectivity index (χ1n) is 2.77. The van der Waals surface area contributed by atoms with E-state index < -0.39 is 0 Å². The number of halogens is 6. The van der Waals surface area contributed by atoms with E-state index >= 15 is 0 Å². The van der Waals surface area contributed by atoms with Crippen molar-refractivity contribution in [2.75, 3.05) is 5.33 Å². The topological polar surface area (TPSA) is 0 Å². The Kier molecular flexibility index (Phi) is 8.05. The summed E-state index contributed by atoms with van der Waals surface area (Å²) in [5.74, 6) is 0. The fraction of sp³-hybridized carbons (Fsp3) is 1.00. The van der Waals surface area contributed by atoms with Crippen LogP contribution in [-0.2, 0) is 0 Å². The molecule has 0 fully saturated rings. The van der Waals surface area contributed by atoms with Crippen LogP contribution in [0.5, 0.6) is 0 Å². The highest BCUT2D eigenvalue weighted by Crippen LogP contribution is 2.41. The SMILES string of the molecule is BrCC(Br)C(Br)CC(Br)(Br)Br. The zero-order chi connectivity index (χ0) is 9.07. The van der Waals surface area contributed by atoms with E-state index in [2.05, 4.69) is 95.6 Å². The predicted molar refractivity (Wildman–Crippen MR) is 73.4 cm³/mol. The van der Waals surface area contributed by atoms with Gasteiger partial charge in [-0.2, -0.15) is 0 Å². The number of hydrogen-bond acceptors (Lipinski definition) is 0. The third kappa shape index (κ3) is 7.91. The molecular formula is C5H6Br6. The van der Waals surface area contributed by atoms with E-state index in [-0.39, 0.29) is 2.14 Å². The smallest absolute Gasteiger partial charge is 0.0916 e. The quantitative estimate of drug-likeness (QED) is 0.431. The van der Waals surface area contributed by atoms with Crippen molar-refractivity contribution >= 4 is 95.6 Å². The summed E-state index contributed by atoms with van der Waals surface area (Å²) in [6.07, 6.45) is 0.939. The van der Waals surface area contributed by atoms with E-state index in [1.807, 2.05) is 0 Å². The van der Waals surface area contributed by atoms with Crippen molar-refractivity contribution in [3.63, 3.8) is 0 Å². The second-order valence-electron chi connectivity index (χ2n) is 2.01. The molecule has 68 valence electrons. The average Bonchev–Trinajstić information content (AvgIpc) is 1.82. The van der Waals surface area contributed by atoms with E-state index in [9.17, 15) is 0 Å². The van der Waals surface area contributed by atoms with Crippen LogP contribution in [-0.4, -0.2) is 17.1 Å². The minimum Gasteiger partial charge on any atom is -0.0916 e. The zero-order valence-corrected chi connectivity index (χ0v) is 14.9. The van der Waals surface area contributed by atoms with Gasteiger partial charge in [0.15, 0.2) is 0 Å². The van der Waals surface area contributed by atoms with Crippen molar-refractivity contribution < 1.29 is 0 Å². The Balaban J connectivity index is 3.77. The molecule has 0 N–H and O–H groups in total. The predicted octanol–water partition coefficient (Wildman–Crippen LogP) is 5.14. The van der Waals surface area contributed by atoms with Gasteiger partial charge >= 0.3 is 0 Å². The first-order chi connectivity index (χ1) is 4.87. The summed E-state index contributed by atoms with van der Waals surface area (Å²) in [5, 5.41) is 0.937. The molecule has 0 aliphatic carbocycles. The Hall–Kier alpha value is 2.88. The molecule has 0 nitrogen and oxygen atoms in total. The molecule has 0 amide bonds. The molecule has 0 aliphatic heterocycles. The van der Waals surface area contributed by atoms with Gasteiger partial charge in [-0.3, -0.25) is 0 Å². The highest BCUT2D eigenvalue weighted by molar-refractivity contribution is 9.39. The lowest BCUT2D eigenvalue weighted by atomic mass is 10.3. The summed E-state index contributed by atoms with van der Waals surface area (Å²) < 4.78 is -0.157. The minimum atomic E-state index is -0.157. The molecule has 2 unspecified atom stereocenters. The Bertz CT molecular complexity index is 108. The normalized spacial score (nSPS) is 18.0. The van der Waals surface area contributed by atoms with E-state index in [0.29, 0.717) is 9.65 Å². The van der Waals surface area contributed by atoms with Gasteiger partial charge in [-0.05, 0) is 6.42 Å². The van der Waals surface area contributed by atoms with Crippen molar-refractivity contribution in [2.45, 2.75) is 18.2 Å². The first kappa shape index (κ1) is 13.9. The molecule has 0 aromatic rings. The number of hydrogen-bond donors (Lipinski definition) is 0. The van der Waals surface area contributed by atoms with E-state index in [1.165, 1.54) is 0 Å². The van der Waals surface area contributed by atoms with Crippen LogP contribution in [0.25, 0.3) is 0 Å². The Labute approximate surface area is 117 Å². The van der Waals surface area contributed by atoms with Crippen LogP contribution < -0.4 is 0 Å². The van der Waals surface area contributed by atoms with Gasteiger partial charge in [-0.1, -0.05) is 95.6 Å². The molecule has 0 aromatic carbocycles. The van der Waals surface area contributed by atoms with Crippen molar-refractivity contribution in [3.8, 4) is 0 Å². The van der Waals surface area contributed by atoms with E-state index in [4.69, 9.17) is 0 Å².